The minimum atomic E-state index is -0.573. The Bertz CT molecular complexity index is 1260. The molecule has 2 aromatic carbocycles. The average molecular weight is 493 g/mol. The lowest BCUT2D eigenvalue weighted by Gasteiger charge is -2.25. The molecule has 0 unspecified atom stereocenters. The van der Waals surface area contributed by atoms with Gasteiger partial charge in [0.1, 0.15) is 24.0 Å². The van der Waals surface area contributed by atoms with Crippen LogP contribution in [0.3, 0.4) is 0 Å². The maximum Gasteiger partial charge on any atom is 0.269 e. The van der Waals surface area contributed by atoms with E-state index in [9.17, 15) is 20.2 Å². The number of rotatable bonds is 8. The van der Waals surface area contributed by atoms with Crippen molar-refractivity contribution in [2.24, 2.45) is 0 Å². The van der Waals surface area contributed by atoms with Gasteiger partial charge in [0.2, 0.25) is 10.3 Å². The van der Waals surface area contributed by atoms with Gasteiger partial charge in [-0.1, -0.05) is 23.5 Å². The van der Waals surface area contributed by atoms with Gasteiger partial charge in [0.15, 0.2) is 0 Å². The number of nitrogens with one attached hydrogen (secondary N) is 1. The van der Waals surface area contributed by atoms with E-state index in [1.165, 1.54) is 29.5 Å². The van der Waals surface area contributed by atoms with Crippen LogP contribution >= 0.6 is 11.3 Å². The maximum atomic E-state index is 12.6. The van der Waals surface area contributed by atoms with Gasteiger partial charge in [-0.2, -0.15) is 5.26 Å². The van der Waals surface area contributed by atoms with Crippen molar-refractivity contribution in [2.45, 2.75) is 6.61 Å². The van der Waals surface area contributed by atoms with Gasteiger partial charge >= 0.3 is 0 Å². The molecule has 12 heteroatoms. The number of non-ortho nitro benzene ring substituents is 1. The first-order valence-corrected chi connectivity index (χ1v) is 11.4. The quantitative estimate of drug-likeness (QED) is 0.216. The van der Waals surface area contributed by atoms with Crippen LogP contribution in [0.25, 0.3) is 6.08 Å². The lowest BCUT2D eigenvalue weighted by Crippen LogP contribution is -2.36. The van der Waals surface area contributed by atoms with Crippen molar-refractivity contribution in [1.82, 2.24) is 10.2 Å². The third-order valence-corrected chi connectivity index (χ3v) is 5.92. The zero-order chi connectivity index (χ0) is 24.6. The molecule has 1 N–H and O–H groups in total. The fourth-order valence-electron chi connectivity index (χ4n) is 3.17. The fourth-order valence-corrected chi connectivity index (χ4v) is 3.96. The Labute approximate surface area is 204 Å². The lowest BCUT2D eigenvalue weighted by atomic mass is 10.1. The Morgan fingerprint density at radius 3 is 2.57 bits per heavy atom. The number of amides is 1. The van der Waals surface area contributed by atoms with Gasteiger partial charge in [0, 0.05) is 25.2 Å². The molecule has 0 atom stereocenters. The van der Waals surface area contributed by atoms with E-state index in [2.05, 4.69) is 15.5 Å². The summed E-state index contributed by atoms with van der Waals surface area (Å²) >= 11 is 1.24. The van der Waals surface area contributed by atoms with E-state index in [4.69, 9.17) is 9.47 Å². The van der Waals surface area contributed by atoms with Crippen LogP contribution in [-0.4, -0.2) is 47.3 Å². The number of aromatic nitrogens is 2. The van der Waals surface area contributed by atoms with E-state index in [-0.39, 0.29) is 17.9 Å². The molecule has 4 rings (SSSR count). The molecule has 1 aliphatic heterocycles. The first kappa shape index (κ1) is 23.8. The summed E-state index contributed by atoms with van der Waals surface area (Å²) in [4.78, 5) is 24.9. The predicted molar refractivity (Wildman–Crippen MR) is 129 cm³/mol. The van der Waals surface area contributed by atoms with Crippen LogP contribution in [0.2, 0.25) is 0 Å². The van der Waals surface area contributed by atoms with Gasteiger partial charge in [-0.3, -0.25) is 20.2 Å². The molecule has 0 spiro atoms. The molecule has 0 aliphatic carbocycles. The lowest BCUT2D eigenvalue weighted by molar-refractivity contribution is -0.384. The van der Waals surface area contributed by atoms with Gasteiger partial charge in [-0.25, -0.2) is 0 Å². The van der Waals surface area contributed by atoms with Crippen molar-refractivity contribution < 1.29 is 19.2 Å². The van der Waals surface area contributed by atoms with Gasteiger partial charge in [-0.15, -0.1) is 10.2 Å². The van der Waals surface area contributed by atoms with Crippen LogP contribution in [0.5, 0.6) is 5.75 Å². The second kappa shape index (κ2) is 11.2. The fraction of sp³-hybridized carbons (Fsp3) is 0.217. The van der Waals surface area contributed by atoms with Crippen molar-refractivity contribution in [1.29, 1.82) is 5.26 Å². The highest BCUT2D eigenvalue weighted by Crippen LogP contribution is 2.25. The summed E-state index contributed by atoms with van der Waals surface area (Å²) in [5.74, 6) is 0.00337. The highest BCUT2D eigenvalue weighted by molar-refractivity contribution is 7.19. The van der Waals surface area contributed by atoms with Crippen LogP contribution in [0.4, 0.5) is 16.0 Å². The monoisotopic (exact) mass is 492 g/mol. The SMILES string of the molecule is N#C/C(=C/c1ccc(OCc2ccc([N+](=O)[O-])cc2)cc1)C(=O)Nc1nnc(N2CCOCC2)s1. The van der Waals surface area contributed by atoms with E-state index in [0.717, 1.165) is 5.56 Å². The summed E-state index contributed by atoms with van der Waals surface area (Å²) in [7, 11) is 0. The first-order valence-electron chi connectivity index (χ1n) is 10.6. The number of morpholine rings is 1. The van der Waals surface area contributed by atoms with Crippen LogP contribution in [0.15, 0.2) is 54.1 Å². The number of anilines is 2. The van der Waals surface area contributed by atoms with Crippen LogP contribution < -0.4 is 15.0 Å². The number of nitro benzene ring substituents is 1. The van der Waals surface area contributed by atoms with E-state index >= 15 is 0 Å². The number of benzene rings is 2. The number of nitrogens with zero attached hydrogens (tertiary/aromatic N) is 5. The number of nitro groups is 1. The van der Waals surface area contributed by atoms with Crippen LogP contribution in [0.1, 0.15) is 11.1 Å². The molecule has 0 radical (unpaired) electrons. The molecule has 1 aliphatic rings. The number of ether oxygens (including phenoxy) is 2. The summed E-state index contributed by atoms with van der Waals surface area (Å²) in [6.45, 7) is 2.89. The molecule has 3 aromatic rings. The van der Waals surface area contributed by atoms with Crippen molar-refractivity contribution in [3.8, 4) is 11.8 Å². The zero-order valence-electron chi connectivity index (χ0n) is 18.4. The zero-order valence-corrected chi connectivity index (χ0v) is 19.2. The summed E-state index contributed by atoms with van der Waals surface area (Å²) in [5.41, 5.74) is 1.38. The minimum absolute atomic E-state index is 0.0193. The molecule has 11 nitrogen and oxygen atoms in total. The number of nitriles is 1. The first-order chi connectivity index (χ1) is 17.0. The molecule has 35 heavy (non-hydrogen) atoms. The topological polar surface area (TPSA) is 144 Å². The summed E-state index contributed by atoms with van der Waals surface area (Å²) < 4.78 is 11.0. The molecule has 1 saturated heterocycles. The third-order valence-electron chi connectivity index (χ3n) is 5.03. The normalized spacial score (nSPS) is 13.7. The second-order valence-electron chi connectivity index (χ2n) is 7.39. The van der Waals surface area contributed by atoms with Crippen molar-refractivity contribution in [2.75, 3.05) is 36.5 Å². The van der Waals surface area contributed by atoms with E-state index < -0.39 is 10.8 Å². The Morgan fingerprint density at radius 2 is 1.91 bits per heavy atom. The molecule has 0 saturated carbocycles. The Kier molecular flexibility index (Phi) is 7.61. The summed E-state index contributed by atoms with van der Waals surface area (Å²) in [6, 6.07) is 14.9. The highest BCUT2D eigenvalue weighted by atomic mass is 32.1. The van der Waals surface area contributed by atoms with E-state index in [0.29, 0.717) is 47.9 Å². The van der Waals surface area contributed by atoms with Crippen molar-refractivity contribution in [3.05, 3.63) is 75.3 Å². The number of hydrogen-bond donors (Lipinski definition) is 1. The van der Waals surface area contributed by atoms with Crippen LogP contribution in [-0.2, 0) is 16.1 Å². The van der Waals surface area contributed by atoms with Crippen LogP contribution in [0, 0.1) is 21.4 Å². The molecule has 1 fully saturated rings. The molecule has 2 heterocycles. The molecular formula is C23H20N6O5S. The van der Waals surface area contributed by atoms with Gasteiger partial charge in [0.25, 0.3) is 11.6 Å². The number of hydrogen-bond acceptors (Lipinski definition) is 10. The standard InChI is InChI=1S/C23H20N6O5S/c24-14-18(21(30)25-22-26-27-23(35-22)28-9-11-33-12-10-28)13-16-3-7-20(8-4-16)34-15-17-1-5-19(6-2-17)29(31)32/h1-8,13H,9-12,15H2,(H,25,26,30)/b18-13-. The molecular weight excluding hydrogens is 472 g/mol. The van der Waals surface area contributed by atoms with Crippen molar-refractivity contribution in [3.63, 3.8) is 0 Å². The molecule has 0 bridgehead atoms. The average Bonchev–Trinajstić information content (AvgIpc) is 3.36. The largest absolute Gasteiger partial charge is 0.489 e. The summed E-state index contributed by atoms with van der Waals surface area (Å²) in [5, 5.41) is 31.9. The number of carbonyl (C=O) groups excluding carboxylic acids is 1. The molecule has 1 aromatic heterocycles. The maximum absolute atomic E-state index is 12.6. The second-order valence-corrected chi connectivity index (χ2v) is 8.35. The van der Waals surface area contributed by atoms with E-state index in [1.54, 1.807) is 36.4 Å². The minimum Gasteiger partial charge on any atom is -0.489 e. The van der Waals surface area contributed by atoms with Gasteiger partial charge in [0.05, 0.1) is 18.1 Å². The predicted octanol–water partition coefficient (Wildman–Crippen LogP) is 3.41. The summed E-state index contributed by atoms with van der Waals surface area (Å²) in [6.07, 6.45) is 1.47. The van der Waals surface area contributed by atoms with Crippen molar-refractivity contribution >= 4 is 39.3 Å². The Morgan fingerprint density at radius 1 is 1.20 bits per heavy atom. The van der Waals surface area contributed by atoms with Gasteiger partial charge in [-0.05, 0) is 41.5 Å². The molecule has 178 valence electrons. The number of carbonyl (C=O) groups is 1. The highest BCUT2D eigenvalue weighted by Gasteiger charge is 2.18. The van der Waals surface area contributed by atoms with E-state index in [1.807, 2.05) is 11.0 Å². The van der Waals surface area contributed by atoms with Gasteiger partial charge < -0.3 is 14.4 Å². The third kappa shape index (κ3) is 6.38. The smallest absolute Gasteiger partial charge is 0.269 e. The molecule has 1 amide bonds. The Hall–Kier alpha value is -4.34. The Balaban J connectivity index is 1.34.